The first-order chi connectivity index (χ1) is 14.5. The number of hydrogen-bond donors (Lipinski definition) is 0. The van der Waals surface area contributed by atoms with E-state index >= 15 is 0 Å². The summed E-state index contributed by atoms with van der Waals surface area (Å²) in [7, 11) is 0. The van der Waals surface area contributed by atoms with Crippen LogP contribution in [0.25, 0.3) is 12.2 Å². The van der Waals surface area contributed by atoms with E-state index in [1.54, 1.807) is 36.4 Å². The predicted molar refractivity (Wildman–Crippen MR) is 119 cm³/mol. The number of ether oxygens (including phenoxy) is 2. The van der Waals surface area contributed by atoms with E-state index in [1.165, 1.54) is 12.2 Å². The second-order valence-corrected chi connectivity index (χ2v) is 7.88. The maximum Gasteiger partial charge on any atom is 0.331 e. The largest absolute Gasteiger partial charge is 0.455 e. The third-order valence-electron chi connectivity index (χ3n) is 4.74. The fraction of sp³-hybridized carbons (Fsp3) is 0.250. The first-order valence-electron chi connectivity index (χ1n) is 9.78. The van der Waals surface area contributed by atoms with Crippen LogP contribution in [-0.4, -0.2) is 24.1 Å². The second kappa shape index (κ2) is 11.0. The second-order valence-electron chi connectivity index (χ2n) is 7.00. The summed E-state index contributed by atoms with van der Waals surface area (Å²) in [6, 6.07) is 14.2. The smallest absolute Gasteiger partial charge is 0.331 e. The van der Waals surface area contributed by atoms with E-state index in [0.29, 0.717) is 22.9 Å². The molecule has 0 bridgehead atoms. The summed E-state index contributed by atoms with van der Waals surface area (Å²) in [4.78, 5) is 24.4. The Kier molecular flexibility index (Phi) is 8.12. The molecule has 30 heavy (non-hydrogen) atoms. The first kappa shape index (κ1) is 22.1. The first-order valence-corrected chi connectivity index (χ1v) is 10.5. The molecule has 0 radical (unpaired) electrons. The highest BCUT2D eigenvalue weighted by Gasteiger charge is 2.30. The van der Waals surface area contributed by atoms with Crippen LogP contribution in [0.4, 0.5) is 0 Å². The van der Waals surface area contributed by atoms with Crippen molar-refractivity contribution in [2.45, 2.75) is 37.9 Å². The monoisotopic (exact) mass is 444 g/mol. The third-order valence-corrected chi connectivity index (χ3v) is 5.24. The van der Waals surface area contributed by atoms with Gasteiger partial charge in [0, 0.05) is 22.2 Å². The van der Waals surface area contributed by atoms with Gasteiger partial charge in [0.15, 0.2) is 0 Å². The molecule has 0 heterocycles. The molecule has 0 amide bonds. The van der Waals surface area contributed by atoms with Crippen molar-refractivity contribution in [3.8, 4) is 0 Å². The van der Waals surface area contributed by atoms with Gasteiger partial charge in [-0.15, -0.1) is 0 Å². The van der Waals surface area contributed by atoms with Gasteiger partial charge in [0.1, 0.15) is 12.2 Å². The molecule has 1 aliphatic carbocycles. The Hall–Kier alpha value is -2.56. The maximum absolute atomic E-state index is 12.2. The quantitative estimate of drug-likeness (QED) is 0.397. The van der Waals surface area contributed by atoms with Crippen LogP contribution in [0.2, 0.25) is 10.0 Å². The van der Waals surface area contributed by atoms with Crippen LogP contribution in [0.5, 0.6) is 0 Å². The van der Waals surface area contributed by atoms with Gasteiger partial charge < -0.3 is 9.47 Å². The zero-order valence-electron chi connectivity index (χ0n) is 16.3. The highest BCUT2D eigenvalue weighted by molar-refractivity contribution is 6.30. The normalized spacial score (nSPS) is 19.1. The van der Waals surface area contributed by atoms with Crippen LogP contribution in [-0.2, 0) is 19.1 Å². The molecule has 2 atom stereocenters. The summed E-state index contributed by atoms with van der Waals surface area (Å²) in [5.41, 5.74) is 1.69. The topological polar surface area (TPSA) is 52.6 Å². The molecule has 3 rings (SSSR count). The summed E-state index contributed by atoms with van der Waals surface area (Å²) in [6.45, 7) is 0. The van der Waals surface area contributed by atoms with Crippen molar-refractivity contribution in [1.29, 1.82) is 0 Å². The number of benzene rings is 2. The van der Waals surface area contributed by atoms with Crippen LogP contribution in [0.15, 0.2) is 60.7 Å². The van der Waals surface area contributed by atoms with Crippen LogP contribution < -0.4 is 0 Å². The fourth-order valence-electron chi connectivity index (χ4n) is 3.19. The van der Waals surface area contributed by atoms with Crippen LogP contribution >= 0.6 is 23.2 Å². The summed E-state index contributed by atoms with van der Waals surface area (Å²) in [5.74, 6) is -0.927. The van der Waals surface area contributed by atoms with Crippen LogP contribution in [0, 0.1) is 0 Å². The van der Waals surface area contributed by atoms with Gasteiger partial charge in [-0.3, -0.25) is 0 Å². The molecule has 0 N–H and O–H groups in total. The zero-order chi connectivity index (χ0) is 21.3. The third kappa shape index (κ3) is 7.05. The van der Waals surface area contributed by atoms with Crippen molar-refractivity contribution in [2.24, 2.45) is 0 Å². The SMILES string of the molecule is O=C(C=Cc1ccc(Cl)cc1)O[C@H]1CCCC[C@@H]1OC(=O)/C=C/c1ccc(Cl)cc1. The van der Waals surface area contributed by atoms with Gasteiger partial charge in [0.25, 0.3) is 0 Å². The Morgan fingerprint density at radius 2 is 1.07 bits per heavy atom. The molecule has 4 nitrogen and oxygen atoms in total. The van der Waals surface area contributed by atoms with Gasteiger partial charge in [-0.25, -0.2) is 9.59 Å². The molecule has 0 aromatic heterocycles. The van der Waals surface area contributed by atoms with E-state index in [-0.39, 0.29) is 0 Å². The van der Waals surface area contributed by atoms with Gasteiger partial charge in [-0.05, 0) is 73.2 Å². The Bertz CT molecular complexity index is 840. The molecule has 1 saturated carbocycles. The standard InChI is InChI=1S/C24H22Cl2O4/c25-19-11-5-17(6-12-19)9-15-23(27)29-21-3-1-2-4-22(21)30-24(28)16-10-18-7-13-20(26)14-8-18/h5-16,21-22H,1-4H2/b15-9+,16-10?/t21-,22-/m0/s1. The Balaban J connectivity index is 1.54. The Labute approximate surface area is 186 Å². The van der Waals surface area contributed by atoms with E-state index in [9.17, 15) is 9.59 Å². The maximum atomic E-state index is 12.2. The van der Waals surface area contributed by atoms with E-state index < -0.39 is 24.1 Å². The van der Waals surface area contributed by atoms with Crippen molar-refractivity contribution in [2.75, 3.05) is 0 Å². The number of carbonyl (C=O) groups excluding carboxylic acids is 2. The molecular formula is C24H22Cl2O4. The summed E-state index contributed by atoms with van der Waals surface area (Å²) in [5, 5.41) is 1.26. The molecule has 156 valence electrons. The summed E-state index contributed by atoms with van der Waals surface area (Å²) in [6.07, 6.45) is 8.35. The molecule has 0 aliphatic heterocycles. The van der Waals surface area contributed by atoms with Crippen molar-refractivity contribution >= 4 is 47.3 Å². The molecule has 0 saturated heterocycles. The number of halogens is 2. The van der Waals surface area contributed by atoms with Crippen molar-refractivity contribution in [3.05, 3.63) is 81.9 Å². The molecule has 2 aromatic carbocycles. The summed E-state index contributed by atoms with van der Waals surface area (Å²) >= 11 is 11.7. The van der Waals surface area contributed by atoms with Gasteiger partial charge in [0.05, 0.1) is 0 Å². The molecule has 0 unspecified atom stereocenters. The highest BCUT2D eigenvalue weighted by Crippen LogP contribution is 2.25. The number of hydrogen-bond acceptors (Lipinski definition) is 4. The van der Waals surface area contributed by atoms with Crippen molar-refractivity contribution < 1.29 is 19.1 Å². The van der Waals surface area contributed by atoms with Gasteiger partial charge in [-0.1, -0.05) is 47.5 Å². The highest BCUT2D eigenvalue weighted by atomic mass is 35.5. The zero-order valence-corrected chi connectivity index (χ0v) is 17.8. The average molecular weight is 445 g/mol. The number of carbonyl (C=O) groups is 2. The number of esters is 2. The minimum absolute atomic E-state index is 0.450. The van der Waals surface area contributed by atoms with Gasteiger partial charge in [-0.2, -0.15) is 0 Å². The lowest BCUT2D eigenvalue weighted by molar-refractivity contribution is -0.165. The molecule has 2 aromatic rings. The van der Waals surface area contributed by atoms with Crippen molar-refractivity contribution in [3.63, 3.8) is 0 Å². The lowest BCUT2D eigenvalue weighted by Gasteiger charge is -2.30. The van der Waals surface area contributed by atoms with Crippen LogP contribution in [0.3, 0.4) is 0 Å². The van der Waals surface area contributed by atoms with Gasteiger partial charge in [0.2, 0.25) is 0 Å². The molecule has 1 fully saturated rings. The lowest BCUT2D eigenvalue weighted by atomic mass is 9.94. The fourth-order valence-corrected chi connectivity index (χ4v) is 3.44. The Morgan fingerprint density at radius 1 is 0.700 bits per heavy atom. The van der Waals surface area contributed by atoms with E-state index in [0.717, 1.165) is 24.0 Å². The van der Waals surface area contributed by atoms with Crippen molar-refractivity contribution in [1.82, 2.24) is 0 Å². The van der Waals surface area contributed by atoms with E-state index in [2.05, 4.69) is 0 Å². The lowest BCUT2D eigenvalue weighted by Crippen LogP contribution is -2.37. The van der Waals surface area contributed by atoms with E-state index in [1.807, 2.05) is 24.3 Å². The van der Waals surface area contributed by atoms with Crippen LogP contribution in [0.1, 0.15) is 36.8 Å². The molecule has 6 heteroatoms. The molecule has 1 aliphatic rings. The minimum atomic E-state index is -0.463. The summed E-state index contributed by atoms with van der Waals surface area (Å²) < 4.78 is 11.1. The minimum Gasteiger partial charge on any atom is -0.455 e. The molecule has 0 spiro atoms. The Morgan fingerprint density at radius 3 is 1.43 bits per heavy atom. The number of rotatable bonds is 6. The molecular weight excluding hydrogens is 423 g/mol. The predicted octanol–water partition coefficient (Wildman–Crippen LogP) is 6.12. The van der Waals surface area contributed by atoms with E-state index in [4.69, 9.17) is 32.7 Å². The average Bonchev–Trinajstić information content (AvgIpc) is 2.74. The van der Waals surface area contributed by atoms with Gasteiger partial charge >= 0.3 is 11.9 Å².